The molecule has 1 aromatic heterocycles. The highest BCUT2D eigenvalue weighted by molar-refractivity contribution is 8.03. The lowest BCUT2D eigenvalue weighted by atomic mass is 10.1. The Morgan fingerprint density at radius 1 is 0.912 bits per heavy atom. The van der Waals surface area contributed by atoms with E-state index in [1.807, 2.05) is 23.1 Å². The molecule has 0 radical (unpaired) electrons. The van der Waals surface area contributed by atoms with E-state index in [2.05, 4.69) is 115 Å². The molecule has 0 saturated carbocycles. The SMILES string of the molecule is CCC(=C/c1sc2ccc3ccccc3c2[n+]1C)/C=C1\Sc2ccc3ccccc3c2N1C.[Br-]. The number of aromatic nitrogens is 1. The van der Waals surface area contributed by atoms with Crippen LogP contribution in [0.4, 0.5) is 5.69 Å². The number of benzene rings is 4. The molecule has 34 heavy (non-hydrogen) atoms. The maximum absolute atomic E-state index is 2.36. The number of thiazole rings is 1. The van der Waals surface area contributed by atoms with Crippen molar-refractivity contribution in [3.05, 3.63) is 94.5 Å². The number of hydrogen-bond donors (Lipinski definition) is 0. The number of thioether (sulfide) groups is 1. The molecule has 6 rings (SSSR count). The minimum absolute atomic E-state index is 0. The van der Waals surface area contributed by atoms with Crippen LogP contribution in [-0.2, 0) is 7.05 Å². The molecular formula is C29H25BrN2S2. The fourth-order valence-electron chi connectivity index (χ4n) is 4.73. The summed E-state index contributed by atoms with van der Waals surface area (Å²) in [6.07, 6.45) is 5.72. The van der Waals surface area contributed by atoms with Crippen LogP contribution in [0.5, 0.6) is 0 Å². The van der Waals surface area contributed by atoms with E-state index >= 15 is 0 Å². The summed E-state index contributed by atoms with van der Waals surface area (Å²) in [5, 5.41) is 7.78. The fourth-order valence-corrected chi connectivity index (χ4v) is 7.01. The number of hydrogen-bond acceptors (Lipinski definition) is 3. The first-order valence-corrected chi connectivity index (χ1v) is 12.9. The number of allylic oxidation sites excluding steroid dienone is 2. The first-order valence-electron chi connectivity index (χ1n) is 11.3. The third kappa shape index (κ3) is 3.76. The van der Waals surface area contributed by atoms with Crippen molar-refractivity contribution < 1.29 is 21.5 Å². The van der Waals surface area contributed by atoms with Gasteiger partial charge in [0.25, 0.3) is 5.01 Å². The fraction of sp³-hybridized carbons (Fsp3) is 0.138. The van der Waals surface area contributed by atoms with Gasteiger partial charge in [-0.1, -0.05) is 84.6 Å². The normalized spacial score (nSPS) is 14.9. The van der Waals surface area contributed by atoms with Crippen LogP contribution in [0.15, 0.2) is 94.4 Å². The molecule has 5 heteroatoms. The molecule has 2 heterocycles. The zero-order chi connectivity index (χ0) is 22.5. The Bertz CT molecular complexity index is 1610. The largest absolute Gasteiger partial charge is 1.00 e. The Kier molecular flexibility index (Phi) is 6.28. The second kappa shape index (κ2) is 9.21. The van der Waals surface area contributed by atoms with Crippen molar-refractivity contribution in [3.63, 3.8) is 0 Å². The van der Waals surface area contributed by atoms with E-state index in [1.54, 1.807) is 0 Å². The van der Waals surface area contributed by atoms with E-state index in [0.717, 1.165) is 6.42 Å². The topological polar surface area (TPSA) is 7.12 Å². The summed E-state index contributed by atoms with van der Waals surface area (Å²) in [5.74, 6) is 0. The molecule has 170 valence electrons. The van der Waals surface area contributed by atoms with Gasteiger partial charge in [0.15, 0.2) is 0 Å². The summed E-state index contributed by atoms with van der Waals surface area (Å²) in [6, 6.07) is 26.3. The van der Waals surface area contributed by atoms with Crippen LogP contribution < -0.4 is 26.4 Å². The Hall–Kier alpha value is -2.60. The second-order valence-electron chi connectivity index (χ2n) is 8.48. The van der Waals surface area contributed by atoms with Gasteiger partial charge in [0.05, 0.1) is 16.1 Å². The lowest BCUT2D eigenvalue weighted by Crippen LogP contribution is -3.00. The van der Waals surface area contributed by atoms with Gasteiger partial charge in [-0.05, 0) is 47.0 Å². The van der Waals surface area contributed by atoms with E-state index in [-0.39, 0.29) is 17.0 Å². The number of nitrogens with zero attached hydrogens (tertiary/aromatic N) is 2. The van der Waals surface area contributed by atoms with Crippen molar-refractivity contribution in [2.45, 2.75) is 18.2 Å². The molecule has 0 aliphatic carbocycles. The zero-order valence-electron chi connectivity index (χ0n) is 19.4. The molecule has 4 aromatic carbocycles. The molecule has 1 aliphatic heterocycles. The molecule has 0 spiro atoms. The Morgan fingerprint density at radius 2 is 1.59 bits per heavy atom. The van der Waals surface area contributed by atoms with E-state index in [4.69, 9.17) is 0 Å². The molecule has 2 nitrogen and oxygen atoms in total. The summed E-state index contributed by atoms with van der Waals surface area (Å²) in [4.78, 5) is 3.68. The van der Waals surface area contributed by atoms with Crippen LogP contribution in [0, 0.1) is 0 Å². The average Bonchev–Trinajstić information content (AvgIpc) is 3.35. The minimum atomic E-state index is 0. The number of fused-ring (bicyclic) bond motifs is 6. The standard InChI is InChI=1S/C29H25N2S2.BrH/c1-4-19(17-26-30(2)28-22-11-7-5-9-20(22)13-15-24(28)32-26)18-27-31(3)29-23-12-8-6-10-21(23)14-16-25(29)33-27;/h5-18H,4H2,1-3H3;1H/q+1;/p-1. The van der Waals surface area contributed by atoms with Crippen LogP contribution in [-0.4, -0.2) is 7.05 Å². The summed E-state index contributed by atoms with van der Waals surface area (Å²) >= 11 is 3.73. The number of aryl methyl sites for hydroxylation is 1. The smallest absolute Gasteiger partial charge is 0.262 e. The van der Waals surface area contributed by atoms with Crippen LogP contribution in [0.2, 0.25) is 0 Å². The zero-order valence-corrected chi connectivity index (χ0v) is 22.6. The first kappa shape index (κ1) is 23.2. The van der Waals surface area contributed by atoms with Crippen LogP contribution >= 0.6 is 23.1 Å². The molecule has 1 aliphatic rings. The molecule has 0 bridgehead atoms. The van der Waals surface area contributed by atoms with E-state index in [9.17, 15) is 0 Å². The van der Waals surface area contributed by atoms with Gasteiger partial charge < -0.3 is 21.9 Å². The third-order valence-electron chi connectivity index (χ3n) is 6.51. The predicted octanol–water partition coefficient (Wildman–Crippen LogP) is 4.91. The summed E-state index contributed by atoms with van der Waals surface area (Å²) in [5.41, 5.74) is 3.98. The Morgan fingerprint density at radius 3 is 2.35 bits per heavy atom. The highest BCUT2D eigenvalue weighted by Gasteiger charge is 2.25. The monoisotopic (exact) mass is 544 g/mol. The minimum Gasteiger partial charge on any atom is -1.00 e. The maximum atomic E-state index is 2.36. The lowest BCUT2D eigenvalue weighted by molar-refractivity contribution is -0.641. The van der Waals surface area contributed by atoms with Crippen molar-refractivity contribution in [2.24, 2.45) is 7.05 Å². The van der Waals surface area contributed by atoms with Gasteiger partial charge in [-0.2, -0.15) is 4.57 Å². The van der Waals surface area contributed by atoms with Gasteiger partial charge in [-0.25, -0.2) is 0 Å². The average molecular weight is 546 g/mol. The highest BCUT2D eigenvalue weighted by atomic mass is 79.9. The van der Waals surface area contributed by atoms with Gasteiger partial charge in [-0.15, -0.1) is 0 Å². The molecule has 0 amide bonds. The lowest BCUT2D eigenvalue weighted by Gasteiger charge is -2.16. The predicted molar refractivity (Wildman–Crippen MR) is 145 cm³/mol. The Balaban J connectivity index is 0.00000241. The van der Waals surface area contributed by atoms with Gasteiger partial charge in [0.1, 0.15) is 11.7 Å². The molecular weight excluding hydrogens is 520 g/mol. The molecule has 5 aromatic rings. The Labute approximate surface area is 219 Å². The van der Waals surface area contributed by atoms with Gasteiger partial charge >= 0.3 is 0 Å². The molecule has 0 unspecified atom stereocenters. The van der Waals surface area contributed by atoms with Gasteiger partial charge in [0.2, 0.25) is 5.52 Å². The summed E-state index contributed by atoms with van der Waals surface area (Å²) in [7, 11) is 4.38. The van der Waals surface area contributed by atoms with Crippen LogP contribution in [0.25, 0.3) is 37.8 Å². The number of halogens is 1. The molecule has 0 saturated heterocycles. The van der Waals surface area contributed by atoms with Gasteiger partial charge in [0, 0.05) is 23.4 Å². The summed E-state index contributed by atoms with van der Waals surface area (Å²) in [6.45, 7) is 2.24. The van der Waals surface area contributed by atoms with E-state index in [0.29, 0.717) is 0 Å². The quantitative estimate of drug-likeness (QED) is 0.298. The van der Waals surface area contributed by atoms with E-state index in [1.165, 1.54) is 58.0 Å². The van der Waals surface area contributed by atoms with Crippen molar-refractivity contribution in [3.8, 4) is 0 Å². The van der Waals surface area contributed by atoms with Gasteiger partial charge in [-0.3, -0.25) is 0 Å². The molecule has 0 atom stereocenters. The number of anilines is 1. The second-order valence-corrected chi connectivity index (χ2v) is 10.6. The van der Waals surface area contributed by atoms with Crippen molar-refractivity contribution in [2.75, 3.05) is 11.9 Å². The van der Waals surface area contributed by atoms with Crippen molar-refractivity contribution >= 4 is 66.6 Å². The van der Waals surface area contributed by atoms with Crippen molar-refractivity contribution in [1.29, 1.82) is 0 Å². The van der Waals surface area contributed by atoms with E-state index < -0.39 is 0 Å². The van der Waals surface area contributed by atoms with Crippen LogP contribution in [0.3, 0.4) is 0 Å². The highest BCUT2D eigenvalue weighted by Crippen LogP contribution is 2.49. The molecule has 0 N–H and O–H groups in total. The first-order chi connectivity index (χ1) is 16.1. The van der Waals surface area contributed by atoms with Crippen molar-refractivity contribution in [1.82, 2.24) is 0 Å². The third-order valence-corrected chi connectivity index (χ3v) is 8.81. The molecule has 0 fully saturated rings. The number of rotatable bonds is 3. The van der Waals surface area contributed by atoms with Crippen LogP contribution in [0.1, 0.15) is 18.4 Å². The maximum Gasteiger partial charge on any atom is 0.262 e. The summed E-state index contributed by atoms with van der Waals surface area (Å²) < 4.78 is 3.68.